The van der Waals surface area contributed by atoms with E-state index in [1.807, 2.05) is 0 Å². The molecule has 0 atom stereocenters. The topological polar surface area (TPSA) is 108 Å². The van der Waals surface area contributed by atoms with Crippen molar-refractivity contribution in [2.75, 3.05) is 5.73 Å². The van der Waals surface area contributed by atoms with Gasteiger partial charge in [-0.3, -0.25) is 10.1 Å². The van der Waals surface area contributed by atoms with Gasteiger partial charge in [0.25, 0.3) is 0 Å². The van der Waals surface area contributed by atoms with Crippen LogP contribution in [0.4, 0.5) is 11.7 Å². The first kappa shape index (κ1) is 10.1. The Labute approximate surface area is 90.1 Å². The van der Waals surface area contributed by atoms with Gasteiger partial charge in [0.1, 0.15) is 22.3 Å². The number of aromatic nitrogens is 2. The highest BCUT2D eigenvalue weighted by molar-refractivity contribution is 5.57. The molecule has 0 aliphatic heterocycles. The predicted octanol–water partition coefficient (Wildman–Crippen LogP) is 1.54. The molecule has 7 heteroatoms. The summed E-state index contributed by atoms with van der Waals surface area (Å²) in [5.41, 5.74) is 5.97. The van der Waals surface area contributed by atoms with Gasteiger partial charge in [-0.1, -0.05) is 0 Å². The van der Waals surface area contributed by atoms with Crippen molar-refractivity contribution in [3.05, 3.63) is 34.1 Å². The summed E-state index contributed by atoms with van der Waals surface area (Å²) in [6.07, 6.45) is 0. The molecule has 0 aliphatic carbocycles. The summed E-state index contributed by atoms with van der Waals surface area (Å²) in [5, 5.41) is 10.4. The van der Waals surface area contributed by atoms with E-state index in [2.05, 4.69) is 9.97 Å². The van der Waals surface area contributed by atoms with E-state index < -0.39 is 4.92 Å². The number of nitrogens with zero attached hydrogens (tertiary/aromatic N) is 3. The maximum Gasteiger partial charge on any atom is 0.433 e. The summed E-state index contributed by atoms with van der Waals surface area (Å²) >= 11 is 0. The highest BCUT2D eigenvalue weighted by Crippen LogP contribution is 2.25. The van der Waals surface area contributed by atoms with Crippen LogP contribution in [0.5, 0.6) is 0 Å². The van der Waals surface area contributed by atoms with E-state index in [1.165, 1.54) is 18.2 Å². The maximum atomic E-state index is 10.4. The summed E-state index contributed by atoms with van der Waals surface area (Å²) in [4.78, 5) is 17.8. The van der Waals surface area contributed by atoms with Crippen LogP contribution < -0.4 is 5.73 Å². The highest BCUT2D eigenvalue weighted by atomic mass is 16.6. The zero-order valence-electron chi connectivity index (χ0n) is 8.38. The Morgan fingerprint density at radius 2 is 2.19 bits per heavy atom. The van der Waals surface area contributed by atoms with Crippen molar-refractivity contribution in [3.8, 4) is 11.5 Å². The zero-order valence-corrected chi connectivity index (χ0v) is 8.38. The molecule has 2 rings (SSSR count). The minimum absolute atomic E-state index is 0.293. The summed E-state index contributed by atoms with van der Waals surface area (Å²) in [5.74, 6) is 0.740. The molecule has 2 aromatic heterocycles. The molecule has 0 saturated heterocycles. The standard InChI is InChI=1S/C9H8N4O3/c1-5-11-6(4-8(10)12-5)7-2-3-9(16-7)13(14)15/h2-4H,1H3,(H2,10,11,12). The van der Waals surface area contributed by atoms with Crippen LogP contribution in [0.3, 0.4) is 0 Å². The van der Waals surface area contributed by atoms with E-state index in [0.717, 1.165) is 0 Å². The fraction of sp³-hybridized carbons (Fsp3) is 0.111. The first-order chi connectivity index (χ1) is 7.56. The first-order valence-electron chi connectivity index (χ1n) is 4.42. The third-order valence-corrected chi connectivity index (χ3v) is 1.88. The molecular weight excluding hydrogens is 212 g/mol. The Bertz CT molecular complexity index is 529. The van der Waals surface area contributed by atoms with Crippen molar-refractivity contribution in [2.45, 2.75) is 6.92 Å². The number of hydrogen-bond donors (Lipinski definition) is 1. The largest absolute Gasteiger partial charge is 0.433 e. The lowest BCUT2D eigenvalue weighted by Gasteiger charge is -1.99. The summed E-state index contributed by atoms with van der Waals surface area (Å²) in [6, 6.07) is 4.23. The molecule has 0 aromatic carbocycles. The average Bonchev–Trinajstić information content (AvgIpc) is 2.64. The Morgan fingerprint density at radius 3 is 2.75 bits per heavy atom. The number of aryl methyl sites for hydroxylation is 1. The van der Waals surface area contributed by atoms with Gasteiger partial charge in [-0.25, -0.2) is 9.97 Å². The molecule has 7 nitrogen and oxygen atoms in total. The van der Waals surface area contributed by atoms with Crippen LogP contribution in [-0.4, -0.2) is 14.9 Å². The monoisotopic (exact) mass is 220 g/mol. The van der Waals surface area contributed by atoms with Gasteiger partial charge < -0.3 is 10.2 Å². The van der Waals surface area contributed by atoms with Gasteiger partial charge in [-0.15, -0.1) is 0 Å². The van der Waals surface area contributed by atoms with Gasteiger partial charge >= 0.3 is 5.88 Å². The Balaban J connectivity index is 2.46. The van der Waals surface area contributed by atoms with Crippen molar-refractivity contribution in [3.63, 3.8) is 0 Å². The average molecular weight is 220 g/mol. The lowest BCUT2D eigenvalue weighted by atomic mass is 10.3. The minimum atomic E-state index is -0.610. The number of anilines is 1. The number of nitrogens with two attached hydrogens (primary N) is 1. The van der Waals surface area contributed by atoms with E-state index in [0.29, 0.717) is 23.1 Å². The highest BCUT2D eigenvalue weighted by Gasteiger charge is 2.14. The molecule has 0 bridgehead atoms. The zero-order chi connectivity index (χ0) is 11.7. The third-order valence-electron chi connectivity index (χ3n) is 1.88. The Kier molecular flexibility index (Phi) is 2.28. The Morgan fingerprint density at radius 1 is 1.44 bits per heavy atom. The van der Waals surface area contributed by atoms with Gasteiger partial charge in [0.2, 0.25) is 0 Å². The summed E-state index contributed by atoms with van der Waals surface area (Å²) in [6.45, 7) is 1.68. The lowest BCUT2D eigenvalue weighted by molar-refractivity contribution is -0.401. The minimum Gasteiger partial charge on any atom is -0.399 e. The molecule has 2 N–H and O–H groups in total. The fourth-order valence-corrected chi connectivity index (χ4v) is 1.28. The van der Waals surface area contributed by atoms with Crippen LogP contribution in [0.2, 0.25) is 0 Å². The van der Waals surface area contributed by atoms with Crippen LogP contribution in [0.15, 0.2) is 22.6 Å². The molecule has 0 fully saturated rings. The second kappa shape index (κ2) is 3.61. The number of nitro groups is 1. The summed E-state index contributed by atoms with van der Waals surface area (Å²) < 4.78 is 5.00. The fourth-order valence-electron chi connectivity index (χ4n) is 1.28. The van der Waals surface area contributed by atoms with Gasteiger partial charge in [0.05, 0.1) is 6.07 Å². The van der Waals surface area contributed by atoms with Crippen molar-refractivity contribution in [1.82, 2.24) is 9.97 Å². The molecule has 0 spiro atoms. The Hall–Kier alpha value is -2.44. The smallest absolute Gasteiger partial charge is 0.399 e. The van der Waals surface area contributed by atoms with Crippen LogP contribution in [0.1, 0.15) is 5.82 Å². The van der Waals surface area contributed by atoms with E-state index >= 15 is 0 Å². The van der Waals surface area contributed by atoms with Crippen LogP contribution in [-0.2, 0) is 0 Å². The lowest BCUT2D eigenvalue weighted by Crippen LogP contribution is -1.96. The second-order valence-corrected chi connectivity index (χ2v) is 3.12. The maximum absolute atomic E-state index is 10.4. The second-order valence-electron chi connectivity index (χ2n) is 3.12. The molecule has 0 amide bonds. The summed E-state index contributed by atoms with van der Waals surface area (Å²) in [7, 11) is 0. The molecule has 82 valence electrons. The van der Waals surface area contributed by atoms with E-state index in [1.54, 1.807) is 6.92 Å². The van der Waals surface area contributed by atoms with Crippen molar-refractivity contribution < 1.29 is 9.34 Å². The number of nitrogen functional groups attached to an aromatic ring is 1. The van der Waals surface area contributed by atoms with Crippen molar-refractivity contribution >= 4 is 11.7 Å². The molecule has 2 aromatic rings. The van der Waals surface area contributed by atoms with Crippen LogP contribution >= 0.6 is 0 Å². The first-order valence-corrected chi connectivity index (χ1v) is 4.42. The number of rotatable bonds is 2. The van der Waals surface area contributed by atoms with E-state index in [9.17, 15) is 10.1 Å². The number of hydrogen-bond acceptors (Lipinski definition) is 6. The van der Waals surface area contributed by atoms with E-state index in [4.69, 9.17) is 10.2 Å². The van der Waals surface area contributed by atoms with Crippen LogP contribution in [0.25, 0.3) is 11.5 Å². The third kappa shape index (κ3) is 1.83. The SMILES string of the molecule is Cc1nc(N)cc(-c2ccc([N+](=O)[O-])o2)n1. The van der Waals surface area contributed by atoms with E-state index in [-0.39, 0.29) is 5.88 Å². The quantitative estimate of drug-likeness (QED) is 0.607. The van der Waals surface area contributed by atoms with Crippen LogP contribution in [0, 0.1) is 17.0 Å². The van der Waals surface area contributed by atoms with Gasteiger partial charge in [-0.2, -0.15) is 0 Å². The normalized spacial score (nSPS) is 10.3. The molecular formula is C9H8N4O3. The molecule has 0 radical (unpaired) electrons. The van der Waals surface area contributed by atoms with Crippen molar-refractivity contribution in [1.29, 1.82) is 0 Å². The molecule has 0 unspecified atom stereocenters. The number of furan rings is 1. The van der Waals surface area contributed by atoms with Gasteiger partial charge in [0, 0.05) is 6.07 Å². The molecule has 0 aliphatic rings. The van der Waals surface area contributed by atoms with Crippen molar-refractivity contribution in [2.24, 2.45) is 0 Å². The molecule has 0 saturated carbocycles. The predicted molar refractivity (Wildman–Crippen MR) is 55.5 cm³/mol. The van der Waals surface area contributed by atoms with Gasteiger partial charge in [0.15, 0.2) is 5.76 Å². The molecule has 2 heterocycles. The van der Waals surface area contributed by atoms with Gasteiger partial charge in [-0.05, 0) is 13.0 Å². The molecule has 16 heavy (non-hydrogen) atoms.